The van der Waals surface area contributed by atoms with Crippen LogP contribution in [-0.4, -0.2) is 22.0 Å². The SMILES string of the molecule is CC(CC(=O)Nc1c[nH]c(=O)[nH]c1=O)Oc1ccc(Cl)cc1. The van der Waals surface area contributed by atoms with Gasteiger partial charge in [-0.05, 0) is 31.2 Å². The Hall–Kier alpha value is -2.54. The average Bonchev–Trinajstić information content (AvgIpc) is 2.44. The van der Waals surface area contributed by atoms with Crippen molar-refractivity contribution in [2.24, 2.45) is 0 Å². The Morgan fingerprint density at radius 2 is 2.00 bits per heavy atom. The average molecular weight is 324 g/mol. The summed E-state index contributed by atoms with van der Waals surface area (Å²) in [5.41, 5.74) is -1.32. The van der Waals surface area contributed by atoms with E-state index in [1.807, 2.05) is 4.98 Å². The van der Waals surface area contributed by atoms with Crippen LogP contribution in [-0.2, 0) is 4.79 Å². The number of ether oxygens (including phenoxy) is 1. The first kappa shape index (κ1) is 15.8. The predicted molar refractivity (Wildman–Crippen MR) is 82.5 cm³/mol. The first-order chi connectivity index (χ1) is 10.4. The van der Waals surface area contributed by atoms with E-state index in [9.17, 15) is 14.4 Å². The molecule has 116 valence electrons. The van der Waals surface area contributed by atoms with Crippen molar-refractivity contribution in [3.05, 3.63) is 56.3 Å². The van der Waals surface area contributed by atoms with Crippen molar-refractivity contribution >= 4 is 23.2 Å². The summed E-state index contributed by atoms with van der Waals surface area (Å²) in [4.78, 5) is 38.5. The Balaban J connectivity index is 1.92. The minimum atomic E-state index is -0.664. The fraction of sp³-hybridized carbons (Fsp3) is 0.214. The number of hydrogen-bond acceptors (Lipinski definition) is 4. The smallest absolute Gasteiger partial charge is 0.325 e. The molecule has 1 atom stereocenters. The standard InChI is InChI=1S/C14H14ClN3O4/c1-8(22-10-4-2-9(15)3-5-10)6-12(19)17-11-7-16-14(21)18-13(11)20/h2-5,7-8H,6H2,1H3,(H,17,19)(H2,16,18,20,21). The lowest BCUT2D eigenvalue weighted by molar-refractivity contribution is -0.117. The topological polar surface area (TPSA) is 104 Å². The van der Waals surface area contributed by atoms with Gasteiger partial charge in [0.25, 0.3) is 5.56 Å². The minimum Gasteiger partial charge on any atom is -0.490 e. The largest absolute Gasteiger partial charge is 0.490 e. The molecule has 7 nitrogen and oxygen atoms in total. The van der Waals surface area contributed by atoms with Gasteiger partial charge in [0.1, 0.15) is 17.5 Å². The molecule has 2 aromatic rings. The van der Waals surface area contributed by atoms with Gasteiger partial charge in [-0.25, -0.2) is 4.79 Å². The second kappa shape index (κ2) is 6.95. The number of benzene rings is 1. The van der Waals surface area contributed by atoms with Gasteiger partial charge < -0.3 is 15.0 Å². The third-order valence-electron chi connectivity index (χ3n) is 2.72. The van der Waals surface area contributed by atoms with Crippen LogP contribution in [0.25, 0.3) is 0 Å². The van der Waals surface area contributed by atoms with Crippen LogP contribution < -0.4 is 21.3 Å². The molecule has 0 saturated heterocycles. The summed E-state index contributed by atoms with van der Waals surface area (Å²) in [5.74, 6) is 0.186. The molecule has 1 heterocycles. The number of rotatable bonds is 5. The third-order valence-corrected chi connectivity index (χ3v) is 2.97. The van der Waals surface area contributed by atoms with E-state index in [2.05, 4.69) is 10.3 Å². The van der Waals surface area contributed by atoms with E-state index in [4.69, 9.17) is 16.3 Å². The number of aromatic nitrogens is 2. The molecule has 1 aromatic carbocycles. The zero-order chi connectivity index (χ0) is 16.1. The number of anilines is 1. The van der Waals surface area contributed by atoms with Crippen molar-refractivity contribution in [1.82, 2.24) is 9.97 Å². The van der Waals surface area contributed by atoms with Crippen molar-refractivity contribution in [2.45, 2.75) is 19.4 Å². The van der Waals surface area contributed by atoms with E-state index in [1.54, 1.807) is 31.2 Å². The number of amides is 1. The lowest BCUT2D eigenvalue weighted by Gasteiger charge is -2.14. The van der Waals surface area contributed by atoms with Crippen LogP contribution in [0.4, 0.5) is 5.69 Å². The van der Waals surface area contributed by atoms with E-state index in [0.717, 1.165) is 6.20 Å². The Kier molecular flexibility index (Phi) is 5.00. The number of halogens is 1. The summed E-state index contributed by atoms with van der Waals surface area (Å²) in [6, 6.07) is 6.76. The molecule has 1 amide bonds. The fourth-order valence-corrected chi connectivity index (χ4v) is 1.88. The fourth-order valence-electron chi connectivity index (χ4n) is 1.75. The monoisotopic (exact) mass is 323 g/mol. The van der Waals surface area contributed by atoms with Gasteiger partial charge in [-0.1, -0.05) is 11.6 Å². The highest BCUT2D eigenvalue weighted by atomic mass is 35.5. The molecule has 3 N–H and O–H groups in total. The summed E-state index contributed by atoms with van der Waals surface area (Å²) >= 11 is 5.77. The van der Waals surface area contributed by atoms with Gasteiger partial charge in [0.2, 0.25) is 5.91 Å². The van der Waals surface area contributed by atoms with Crippen LogP contribution in [0.15, 0.2) is 40.1 Å². The summed E-state index contributed by atoms with van der Waals surface area (Å²) in [6.45, 7) is 1.73. The molecule has 1 unspecified atom stereocenters. The summed E-state index contributed by atoms with van der Waals surface area (Å²) in [5, 5.41) is 3.00. The number of hydrogen-bond donors (Lipinski definition) is 3. The van der Waals surface area contributed by atoms with Crippen LogP contribution in [0.1, 0.15) is 13.3 Å². The molecule has 0 aliphatic heterocycles. The van der Waals surface area contributed by atoms with E-state index < -0.39 is 23.3 Å². The highest BCUT2D eigenvalue weighted by molar-refractivity contribution is 6.30. The first-order valence-electron chi connectivity index (χ1n) is 6.48. The summed E-state index contributed by atoms with van der Waals surface area (Å²) < 4.78 is 5.56. The molecule has 0 aliphatic carbocycles. The zero-order valence-corrected chi connectivity index (χ0v) is 12.4. The summed E-state index contributed by atoms with van der Waals surface area (Å²) in [7, 11) is 0. The lowest BCUT2D eigenvalue weighted by atomic mass is 10.2. The van der Waals surface area contributed by atoms with Gasteiger partial charge >= 0.3 is 5.69 Å². The molecule has 0 fully saturated rings. The van der Waals surface area contributed by atoms with Gasteiger partial charge in [-0.3, -0.25) is 14.6 Å². The van der Waals surface area contributed by atoms with Gasteiger partial charge in [0, 0.05) is 11.2 Å². The molecule has 2 rings (SSSR count). The number of carbonyl (C=O) groups excluding carboxylic acids is 1. The number of aromatic amines is 2. The van der Waals surface area contributed by atoms with Crippen LogP contribution in [0, 0.1) is 0 Å². The molecule has 8 heteroatoms. The molecule has 22 heavy (non-hydrogen) atoms. The zero-order valence-electron chi connectivity index (χ0n) is 11.7. The molecule has 0 spiro atoms. The number of nitrogens with one attached hydrogen (secondary N) is 3. The van der Waals surface area contributed by atoms with Crippen molar-refractivity contribution in [2.75, 3.05) is 5.32 Å². The van der Waals surface area contributed by atoms with Crippen molar-refractivity contribution in [3.8, 4) is 5.75 Å². The Morgan fingerprint density at radius 1 is 1.32 bits per heavy atom. The second-order valence-electron chi connectivity index (χ2n) is 4.62. The molecule has 0 aliphatic rings. The highest BCUT2D eigenvalue weighted by Crippen LogP contribution is 2.17. The van der Waals surface area contributed by atoms with Crippen molar-refractivity contribution in [1.29, 1.82) is 0 Å². The Morgan fingerprint density at radius 3 is 2.64 bits per heavy atom. The van der Waals surface area contributed by atoms with Gasteiger partial charge in [0.15, 0.2) is 0 Å². The molecular formula is C14H14ClN3O4. The van der Waals surface area contributed by atoms with Crippen molar-refractivity contribution < 1.29 is 9.53 Å². The summed E-state index contributed by atoms with van der Waals surface area (Å²) in [6.07, 6.45) is 0.786. The molecular weight excluding hydrogens is 310 g/mol. The van der Waals surface area contributed by atoms with Gasteiger partial charge in [-0.15, -0.1) is 0 Å². The van der Waals surface area contributed by atoms with E-state index in [-0.39, 0.29) is 12.1 Å². The Bertz CT molecular complexity index is 767. The predicted octanol–water partition coefficient (Wildman–Crippen LogP) is 1.51. The maximum absolute atomic E-state index is 11.8. The van der Waals surface area contributed by atoms with E-state index >= 15 is 0 Å². The third kappa shape index (κ3) is 4.49. The normalized spacial score (nSPS) is 11.7. The lowest BCUT2D eigenvalue weighted by Crippen LogP contribution is -2.28. The van der Waals surface area contributed by atoms with Crippen LogP contribution in [0.3, 0.4) is 0 Å². The second-order valence-corrected chi connectivity index (χ2v) is 5.06. The van der Waals surface area contributed by atoms with Crippen molar-refractivity contribution in [3.63, 3.8) is 0 Å². The van der Waals surface area contributed by atoms with Gasteiger partial charge in [-0.2, -0.15) is 0 Å². The molecule has 0 radical (unpaired) electrons. The molecule has 0 saturated carbocycles. The maximum Gasteiger partial charge on any atom is 0.325 e. The molecule has 0 bridgehead atoms. The first-order valence-corrected chi connectivity index (χ1v) is 6.86. The number of H-pyrrole nitrogens is 2. The van der Waals surface area contributed by atoms with E-state index in [1.165, 1.54) is 0 Å². The Labute approximate surface area is 130 Å². The van der Waals surface area contributed by atoms with Gasteiger partial charge in [0.05, 0.1) is 6.42 Å². The van der Waals surface area contributed by atoms with Crippen LogP contribution in [0.5, 0.6) is 5.75 Å². The molecule has 1 aromatic heterocycles. The van der Waals surface area contributed by atoms with Crippen LogP contribution in [0.2, 0.25) is 5.02 Å². The minimum absolute atomic E-state index is 0.0247. The van der Waals surface area contributed by atoms with E-state index in [0.29, 0.717) is 10.8 Å². The quantitative estimate of drug-likeness (QED) is 0.775. The van der Waals surface area contributed by atoms with Crippen LogP contribution >= 0.6 is 11.6 Å². The highest BCUT2D eigenvalue weighted by Gasteiger charge is 2.12. The number of carbonyl (C=O) groups is 1. The maximum atomic E-state index is 11.8.